The molecule has 62 valence electrons. The molecule has 0 aromatic carbocycles. The molecule has 1 aliphatic heterocycles. The summed E-state index contributed by atoms with van der Waals surface area (Å²) >= 11 is 0. The molecule has 1 aliphatic rings. The molecule has 0 aliphatic carbocycles. The van der Waals surface area contributed by atoms with Gasteiger partial charge in [-0.2, -0.15) is 0 Å². The zero-order valence-corrected chi connectivity index (χ0v) is 6.24. The average molecular weight is 158 g/mol. The zero-order chi connectivity index (χ0) is 8.43. The number of nitrogens with two attached hydrogens (primary N) is 1. The first-order valence-corrected chi connectivity index (χ1v) is 3.27. The monoisotopic (exact) mass is 158 g/mol. The number of carbonyl (C=O) groups excluding carboxylic acids is 2. The molecule has 0 unspecified atom stereocenters. The molecule has 0 aromatic heterocycles. The lowest BCUT2D eigenvalue weighted by atomic mass is 10.0. The first-order chi connectivity index (χ1) is 5.15. The van der Waals surface area contributed by atoms with Crippen LogP contribution in [0.25, 0.3) is 0 Å². The molecule has 0 bridgehead atoms. The molecule has 5 nitrogen and oxygen atoms in total. The summed E-state index contributed by atoms with van der Waals surface area (Å²) in [5.41, 5.74) is 4.94. The number of methoxy groups -OCH3 is 1. The summed E-state index contributed by atoms with van der Waals surface area (Å²) in [6.07, 6.45) is 0. The van der Waals surface area contributed by atoms with E-state index < -0.39 is 6.03 Å². The molecular formula is C6H10N2O3. The minimum atomic E-state index is -0.481. The Morgan fingerprint density at radius 3 is 2.45 bits per heavy atom. The fraction of sp³-hybridized carbons (Fsp3) is 0.667. The van der Waals surface area contributed by atoms with Crippen molar-refractivity contribution in [3.8, 4) is 0 Å². The number of rotatable bonds is 1. The molecule has 0 saturated carbocycles. The van der Waals surface area contributed by atoms with Crippen LogP contribution in [0.15, 0.2) is 0 Å². The van der Waals surface area contributed by atoms with Gasteiger partial charge in [-0.15, -0.1) is 0 Å². The van der Waals surface area contributed by atoms with Gasteiger partial charge in [0.2, 0.25) is 0 Å². The van der Waals surface area contributed by atoms with Crippen molar-refractivity contribution in [3.63, 3.8) is 0 Å². The Hall–Kier alpha value is -1.26. The minimum absolute atomic E-state index is 0.174. The summed E-state index contributed by atoms with van der Waals surface area (Å²) in [4.78, 5) is 22.6. The predicted octanol–water partition coefficient (Wildman–Crippen LogP) is -0.830. The molecule has 2 amide bonds. The maximum atomic E-state index is 10.8. The largest absolute Gasteiger partial charge is 0.469 e. The van der Waals surface area contributed by atoms with Gasteiger partial charge in [0.15, 0.2) is 0 Å². The summed E-state index contributed by atoms with van der Waals surface area (Å²) in [5.74, 6) is -0.449. The lowest BCUT2D eigenvalue weighted by molar-refractivity contribution is -0.149. The van der Waals surface area contributed by atoms with E-state index >= 15 is 0 Å². The zero-order valence-electron chi connectivity index (χ0n) is 6.24. The first-order valence-electron chi connectivity index (χ1n) is 3.27. The maximum absolute atomic E-state index is 10.8. The van der Waals surface area contributed by atoms with Gasteiger partial charge in [0.1, 0.15) is 0 Å². The second kappa shape index (κ2) is 2.77. The van der Waals surface area contributed by atoms with Gasteiger partial charge in [-0.1, -0.05) is 0 Å². The van der Waals surface area contributed by atoms with Crippen LogP contribution < -0.4 is 5.73 Å². The number of esters is 1. The molecule has 0 aromatic rings. The van der Waals surface area contributed by atoms with E-state index in [0.29, 0.717) is 13.1 Å². The van der Waals surface area contributed by atoms with Crippen LogP contribution in [0.1, 0.15) is 0 Å². The second-order valence-corrected chi connectivity index (χ2v) is 2.46. The summed E-state index contributed by atoms with van der Waals surface area (Å²) in [7, 11) is 1.33. The van der Waals surface area contributed by atoms with Gasteiger partial charge in [-0.25, -0.2) is 4.79 Å². The van der Waals surface area contributed by atoms with Crippen molar-refractivity contribution in [3.05, 3.63) is 0 Å². The fourth-order valence-corrected chi connectivity index (χ4v) is 0.974. The number of ether oxygens (including phenoxy) is 1. The lowest BCUT2D eigenvalue weighted by Crippen LogP contribution is -2.55. The molecule has 0 spiro atoms. The average Bonchev–Trinajstić information content (AvgIpc) is 1.83. The highest BCUT2D eigenvalue weighted by atomic mass is 16.5. The summed E-state index contributed by atoms with van der Waals surface area (Å²) < 4.78 is 4.46. The van der Waals surface area contributed by atoms with Crippen LogP contribution in [-0.2, 0) is 9.53 Å². The Labute approximate surface area is 64.1 Å². The van der Waals surface area contributed by atoms with E-state index in [-0.39, 0.29) is 11.9 Å². The normalized spacial score (nSPS) is 17.4. The van der Waals surface area contributed by atoms with E-state index in [0.717, 1.165) is 0 Å². The molecule has 1 saturated heterocycles. The Morgan fingerprint density at radius 2 is 2.09 bits per heavy atom. The molecule has 0 radical (unpaired) electrons. The van der Waals surface area contributed by atoms with E-state index in [1.54, 1.807) is 0 Å². The molecule has 1 fully saturated rings. The number of likely N-dealkylation sites (tertiary alicyclic amines) is 1. The molecule has 1 heterocycles. The SMILES string of the molecule is COC(=O)C1CN(C(N)=O)C1. The number of amides is 2. The smallest absolute Gasteiger partial charge is 0.314 e. The standard InChI is InChI=1S/C6H10N2O3/c1-11-5(9)4-2-8(3-4)6(7)10/h4H,2-3H2,1H3,(H2,7,10). The van der Waals surface area contributed by atoms with Crippen molar-refractivity contribution >= 4 is 12.0 Å². The van der Waals surface area contributed by atoms with Crippen LogP contribution in [0.4, 0.5) is 4.79 Å². The van der Waals surface area contributed by atoms with Crippen LogP contribution in [0.2, 0.25) is 0 Å². The highest BCUT2D eigenvalue weighted by Gasteiger charge is 2.35. The van der Waals surface area contributed by atoms with Gasteiger partial charge in [-0.3, -0.25) is 4.79 Å². The maximum Gasteiger partial charge on any atom is 0.314 e. The Kier molecular flexibility index (Phi) is 1.98. The molecule has 11 heavy (non-hydrogen) atoms. The van der Waals surface area contributed by atoms with E-state index in [2.05, 4.69) is 4.74 Å². The lowest BCUT2D eigenvalue weighted by Gasteiger charge is -2.35. The van der Waals surface area contributed by atoms with Crippen molar-refractivity contribution in [2.45, 2.75) is 0 Å². The summed E-state index contributed by atoms with van der Waals surface area (Å²) in [5, 5.41) is 0. The Bertz CT molecular complexity index is 186. The minimum Gasteiger partial charge on any atom is -0.469 e. The molecule has 1 rings (SSSR count). The number of hydrogen-bond acceptors (Lipinski definition) is 3. The van der Waals surface area contributed by atoms with Crippen LogP contribution in [0.3, 0.4) is 0 Å². The number of nitrogens with zero attached hydrogens (tertiary/aromatic N) is 1. The third-order valence-corrected chi connectivity index (χ3v) is 1.73. The highest BCUT2D eigenvalue weighted by molar-refractivity contribution is 5.79. The Morgan fingerprint density at radius 1 is 1.55 bits per heavy atom. The topological polar surface area (TPSA) is 72.6 Å². The van der Waals surface area contributed by atoms with Gasteiger partial charge in [0.25, 0.3) is 0 Å². The van der Waals surface area contributed by atoms with E-state index in [1.165, 1.54) is 12.0 Å². The number of hydrogen-bond donors (Lipinski definition) is 1. The number of carbonyl (C=O) groups is 2. The highest BCUT2D eigenvalue weighted by Crippen LogP contribution is 2.15. The summed E-state index contributed by atoms with van der Waals surface area (Å²) in [6, 6.07) is -0.481. The van der Waals surface area contributed by atoms with E-state index in [1.807, 2.05) is 0 Å². The third kappa shape index (κ3) is 1.42. The summed E-state index contributed by atoms with van der Waals surface area (Å²) in [6.45, 7) is 0.782. The molecule has 2 N–H and O–H groups in total. The Balaban J connectivity index is 2.29. The van der Waals surface area contributed by atoms with Crippen molar-refractivity contribution in [1.29, 1.82) is 0 Å². The van der Waals surface area contributed by atoms with Crippen LogP contribution in [0, 0.1) is 5.92 Å². The van der Waals surface area contributed by atoms with Gasteiger partial charge in [0.05, 0.1) is 13.0 Å². The second-order valence-electron chi connectivity index (χ2n) is 2.46. The van der Waals surface area contributed by atoms with Gasteiger partial charge >= 0.3 is 12.0 Å². The third-order valence-electron chi connectivity index (χ3n) is 1.73. The quantitative estimate of drug-likeness (QED) is 0.506. The van der Waals surface area contributed by atoms with Crippen LogP contribution in [-0.4, -0.2) is 37.1 Å². The van der Waals surface area contributed by atoms with E-state index in [9.17, 15) is 9.59 Å². The van der Waals surface area contributed by atoms with Crippen LogP contribution in [0.5, 0.6) is 0 Å². The predicted molar refractivity (Wildman–Crippen MR) is 36.7 cm³/mol. The van der Waals surface area contributed by atoms with Crippen molar-refractivity contribution < 1.29 is 14.3 Å². The fourth-order valence-electron chi connectivity index (χ4n) is 0.974. The van der Waals surface area contributed by atoms with Gasteiger partial charge in [-0.05, 0) is 0 Å². The van der Waals surface area contributed by atoms with Gasteiger partial charge < -0.3 is 15.4 Å². The number of urea groups is 1. The van der Waals surface area contributed by atoms with Gasteiger partial charge in [0, 0.05) is 13.1 Å². The molecule has 5 heteroatoms. The first kappa shape index (κ1) is 7.84. The molecular weight excluding hydrogens is 148 g/mol. The van der Waals surface area contributed by atoms with Crippen molar-refractivity contribution in [1.82, 2.24) is 4.90 Å². The number of primary amides is 1. The van der Waals surface area contributed by atoms with Crippen molar-refractivity contribution in [2.24, 2.45) is 11.7 Å². The van der Waals surface area contributed by atoms with Crippen LogP contribution >= 0.6 is 0 Å². The molecule has 0 atom stereocenters. The van der Waals surface area contributed by atoms with E-state index in [4.69, 9.17) is 5.73 Å². The van der Waals surface area contributed by atoms with Crippen molar-refractivity contribution in [2.75, 3.05) is 20.2 Å².